The Kier molecular flexibility index (Phi) is 26.5. The molecule has 0 amide bonds. The standard InChI is InChI=1S/C31H64O2/c1-3-5-7-9-11-13-15-16-17-18-20-22-24-26-28-31(29-32,30-33)27-25-23-21-19-14-12-10-8-6-4-2/h32-33H,3-30H2,1-2H3. The summed E-state index contributed by atoms with van der Waals surface area (Å²) in [5, 5.41) is 19.9. The first-order valence-electron chi connectivity index (χ1n) is 15.5. The molecule has 0 aromatic carbocycles. The summed E-state index contributed by atoms with van der Waals surface area (Å²) in [6.07, 6.45) is 34.7. The molecule has 0 fully saturated rings. The van der Waals surface area contributed by atoms with E-state index in [9.17, 15) is 10.2 Å². The second-order valence-electron chi connectivity index (χ2n) is 11.1. The Morgan fingerprint density at radius 3 is 0.758 bits per heavy atom. The maximum absolute atomic E-state index is 9.96. The van der Waals surface area contributed by atoms with Crippen LogP contribution in [0.2, 0.25) is 0 Å². The van der Waals surface area contributed by atoms with E-state index in [1.54, 1.807) is 0 Å². The fourth-order valence-corrected chi connectivity index (χ4v) is 5.17. The van der Waals surface area contributed by atoms with E-state index in [0.29, 0.717) is 0 Å². The minimum Gasteiger partial charge on any atom is -0.396 e. The van der Waals surface area contributed by atoms with Gasteiger partial charge in [-0.3, -0.25) is 0 Å². The zero-order valence-electron chi connectivity index (χ0n) is 23.2. The molecular formula is C31H64O2. The Hall–Kier alpha value is -0.0800. The van der Waals surface area contributed by atoms with Gasteiger partial charge in [0.25, 0.3) is 0 Å². The number of hydrogen-bond donors (Lipinski definition) is 2. The molecule has 2 heteroatoms. The summed E-state index contributed by atoms with van der Waals surface area (Å²) in [5.41, 5.74) is -0.225. The van der Waals surface area contributed by atoms with Gasteiger partial charge >= 0.3 is 0 Å². The number of rotatable bonds is 28. The summed E-state index contributed by atoms with van der Waals surface area (Å²) < 4.78 is 0. The van der Waals surface area contributed by atoms with Gasteiger partial charge in [0, 0.05) is 5.41 Å². The second kappa shape index (κ2) is 26.5. The van der Waals surface area contributed by atoms with Gasteiger partial charge in [0.05, 0.1) is 13.2 Å². The van der Waals surface area contributed by atoms with E-state index in [1.165, 1.54) is 141 Å². The Labute approximate surface area is 209 Å². The Morgan fingerprint density at radius 2 is 0.545 bits per heavy atom. The maximum Gasteiger partial charge on any atom is 0.0509 e. The van der Waals surface area contributed by atoms with E-state index in [-0.39, 0.29) is 18.6 Å². The average Bonchev–Trinajstić information content (AvgIpc) is 2.84. The van der Waals surface area contributed by atoms with Crippen molar-refractivity contribution >= 4 is 0 Å². The SMILES string of the molecule is CCCCCCCCCCCCCCCCC(CO)(CO)CCCCCCCCCCCC. The number of hydrogen-bond acceptors (Lipinski definition) is 2. The molecule has 2 N–H and O–H groups in total. The first-order valence-corrected chi connectivity index (χ1v) is 15.5. The summed E-state index contributed by atoms with van der Waals surface area (Å²) in [7, 11) is 0. The zero-order chi connectivity index (χ0) is 24.3. The molecule has 0 aliphatic rings. The third-order valence-corrected chi connectivity index (χ3v) is 7.79. The lowest BCUT2D eigenvalue weighted by molar-refractivity contribution is 0.0353. The van der Waals surface area contributed by atoms with Crippen molar-refractivity contribution in [1.29, 1.82) is 0 Å². The fraction of sp³-hybridized carbons (Fsp3) is 1.00. The van der Waals surface area contributed by atoms with Crippen molar-refractivity contribution in [2.45, 2.75) is 181 Å². The van der Waals surface area contributed by atoms with Crippen LogP contribution in [0.15, 0.2) is 0 Å². The molecule has 0 aliphatic heterocycles. The van der Waals surface area contributed by atoms with Crippen LogP contribution in [0.5, 0.6) is 0 Å². The van der Waals surface area contributed by atoms with Gasteiger partial charge in [-0.05, 0) is 12.8 Å². The molecule has 33 heavy (non-hydrogen) atoms. The molecule has 0 spiro atoms. The summed E-state index contributed by atoms with van der Waals surface area (Å²) in [6, 6.07) is 0. The van der Waals surface area contributed by atoms with Gasteiger partial charge in [-0.2, -0.15) is 0 Å². The molecule has 0 heterocycles. The van der Waals surface area contributed by atoms with E-state index in [2.05, 4.69) is 13.8 Å². The molecule has 0 saturated carbocycles. The van der Waals surface area contributed by atoms with Gasteiger partial charge < -0.3 is 10.2 Å². The van der Waals surface area contributed by atoms with Gasteiger partial charge in [-0.1, -0.05) is 168 Å². The van der Waals surface area contributed by atoms with Crippen LogP contribution in [0.25, 0.3) is 0 Å². The van der Waals surface area contributed by atoms with Crippen LogP contribution in [0, 0.1) is 5.41 Å². The van der Waals surface area contributed by atoms with Crippen molar-refractivity contribution in [3.8, 4) is 0 Å². The summed E-state index contributed by atoms with van der Waals surface area (Å²) in [4.78, 5) is 0. The van der Waals surface area contributed by atoms with Crippen LogP contribution < -0.4 is 0 Å². The average molecular weight is 469 g/mol. The second-order valence-corrected chi connectivity index (χ2v) is 11.1. The summed E-state index contributed by atoms with van der Waals surface area (Å²) >= 11 is 0. The molecule has 0 atom stereocenters. The zero-order valence-corrected chi connectivity index (χ0v) is 23.2. The highest BCUT2D eigenvalue weighted by Crippen LogP contribution is 2.31. The predicted molar refractivity (Wildman–Crippen MR) is 148 cm³/mol. The molecule has 0 rings (SSSR count). The lowest BCUT2D eigenvalue weighted by atomic mass is 9.79. The van der Waals surface area contributed by atoms with Crippen LogP contribution in [-0.4, -0.2) is 23.4 Å². The molecule has 2 nitrogen and oxygen atoms in total. The van der Waals surface area contributed by atoms with Gasteiger partial charge in [-0.25, -0.2) is 0 Å². The van der Waals surface area contributed by atoms with Crippen molar-refractivity contribution in [1.82, 2.24) is 0 Å². The van der Waals surface area contributed by atoms with Gasteiger partial charge in [0.2, 0.25) is 0 Å². The molecule has 0 bridgehead atoms. The topological polar surface area (TPSA) is 40.5 Å². The maximum atomic E-state index is 9.96. The van der Waals surface area contributed by atoms with Crippen molar-refractivity contribution in [3.63, 3.8) is 0 Å². The highest BCUT2D eigenvalue weighted by molar-refractivity contribution is 4.78. The lowest BCUT2D eigenvalue weighted by Gasteiger charge is -2.30. The molecule has 0 aromatic rings. The first kappa shape index (κ1) is 32.9. The smallest absolute Gasteiger partial charge is 0.0509 e. The van der Waals surface area contributed by atoms with Crippen LogP contribution in [0.3, 0.4) is 0 Å². The Balaban J connectivity index is 3.57. The highest BCUT2D eigenvalue weighted by Gasteiger charge is 2.27. The molecule has 0 saturated heterocycles. The molecule has 0 aromatic heterocycles. The predicted octanol–water partition coefficient (Wildman–Crippen LogP) is 10.1. The van der Waals surface area contributed by atoms with Crippen LogP contribution in [-0.2, 0) is 0 Å². The van der Waals surface area contributed by atoms with E-state index in [0.717, 1.165) is 25.7 Å². The third-order valence-electron chi connectivity index (χ3n) is 7.79. The number of aliphatic hydroxyl groups is 2. The third kappa shape index (κ3) is 22.1. The highest BCUT2D eigenvalue weighted by atomic mass is 16.3. The van der Waals surface area contributed by atoms with Gasteiger partial charge in [0.1, 0.15) is 0 Å². The molecule has 0 radical (unpaired) electrons. The van der Waals surface area contributed by atoms with Crippen LogP contribution >= 0.6 is 0 Å². The summed E-state index contributed by atoms with van der Waals surface area (Å²) in [6.45, 7) is 4.87. The normalized spacial score (nSPS) is 12.0. The quantitative estimate of drug-likeness (QED) is 0.112. The first-order chi connectivity index (χ1) is 16.2. The van der Waals surface area contributed by atoms with Gasteiger partial charge in [-0.15, -0.1) is 0 Å². The minimum absolute atomic E-state index is 0.152. The van der Waals surface area contributed by atoms with E-state index in [1.807, 2.05) is 0 Å². The van der Waals surface area contributed by atoms with Gasteiger partial charge in [0.15, 0.2) is 0 Å². The molecule has 0 unspecified atom stereocenters. The summed E-state index contributed by atoms with van der Waals surface area (Å²) in [5.74, 6) is 0. The van der Waals surface area contributed by atoms with Crippen molar-refractivity contribution < 1.29 is 10.2 Å². The van der Waals surface area contributed by atoms with E-state index >= 15 is 0 Å². The number of aliphatic hydroxyl groups excluding tert-OH is 2. The van der Waals surface area contributed by atoms with Crippen molar-refractivity contribution in [3.05, 3.63) is 0 Å². The molecular weight excluding hydrogens is 404 g/mol. The van der Waals surface area contributed by atoms with Crippen LogP contribution in [0.4, 0.5) is 0 Å². The van der Waals surface area contributed by atoms with E-state index < -0.39 is 0 Å². The van der Waals surface area contributed by atoms with E-state index in [4.69, 9.17) is 0 Å². The fourth-order valence-electron chi connectivity index (χ4n) is 5.17. The monoisotopic (exact) mass is 468 g/mol. The Morgan fingerprint density at radius 1 is 0.333 bits per heavy atom. The van der Waals surface area contributed by atoms with Crippen LogP contribution in [0.1, 0.15) is 181 Å². The number of unbranched alkanes of at least 4 members (excludes halogenated alkanes) is 22. The van der Waals surface area contributed by atoms with Crippen molar-refractivity contribution in [2.24, 2.45) is 5.41 Å². The lowest BCUT2D eigenvalue weighted by Crippen LogP contribution is -2.29. The molecule has 200 valence electrons. The largest absolute Gasteiger partial charge is 0.396 e. The van der Waals surface area contributed by atoms with Crippen molar-refractivity contribution in [2.75, 3.05) is 13.2 Å². The minimum atomic E-state index is -0.225. The Bertz CT molecular complexity index is 351. The molecule has 0 aliphatic carbocycles.